The molecule has 4 aromatic rings. The van der Waals surface area contributed by atoms with Gasteiger partial charge in [-0.15, -0.1) is 0 Å². The molecule has 6 nitrogen and oxygen atoms in total. The van der Waals surface area contributed by atoms with Crippen LogP contribution in [-0.2, 0) is 19.6 Å². The number of halogens is 2. The molecule has 0 aliphatic rings. The molecule has 1 heterocycles. The Labute approximate surface area is 239 Å². The first-order valence-electron chi connectivity index (χ1n) is 12.8. The minimum absolute atomic E-state index is 0.281. The molecule has 0 aliphatic heterocycles. The highest BCUT2D eigenvalue weighted by atomic mass is 35.5. The van der Waals surface area contributed by atoms with Crippen molar-refractivity contribution in [2.24, 2.45) is 5.92 Å². The number of aromatic nitrogens is 2. The van der Waals surface area contributed by atoms with Gasteiger partial charge in [0.15, 0.2) is 0 Å². The maximum Gasteiger partial charge on any atom is 0.335 e. The zero-order valence-corrected chi connectivity index (χ0v) is 24.3. The van der Waals surface area contributed by atoms with Gasteiger partial charge in [-0.05, 0) is 79.8 Å². The molecule has 0 radical (unpaired) electrons. The highest BCUT2D eigenvalue weighted by Crippen LogP contribution is 2.32. The molecule has 0 atom stereocenters. The van der Waals surface area contributed by atoms with Gasteiger partial charge in [-0.25, -0.2) is 9.48 Å². The number of ether oxygens (including phenoxy) is 1. The molecule has 8 heteroatoms. The Balaban J connectivity index is 1.56. The number of hydrogen-bond acceptors (Lipinski definition) is 4. The Morgan fingerprint density at radius 1 is 1.05 bits per heavy atom. The van der Waals surface area contributed by atoms with Gasteiger partial charge in [0, 0.05) is 24.8 Å². The molecule has 0 saturated carbocycles. The second-order valence-corrected chi connectivity index (χ2v) is 11.0. The van der Waals surface area contributed by atoms with E-state index in [0.717, 1.165) is 45.9 Å². The summed E-state index contributed by atoms with van der Waals surface area (Å²) in [5.41, 5.74) is 7.10. The minimum Gasteiger partial charge on any atom is -0.487 e. The molecule has 204 valence electrons. The minimum atomic E-state index is -0.925. The predicted molar refractivity (Wildman–Crippen MR) is 158 cm³/mol. The molecule has 3 aromatic carbocycles. The molecule has 0 bridgehead atoms. The normalized spacial score (nSPS) is 11.2. The highest BCUT2D eigenvalue weighted by Gasteiger charge is 2.21. The van der Waals surface area contributed by atoms with E-state index in [2.05, 4.69) is 18.7 Å². The number of benzene rings is 3. The van der Waals surface area contributed by atoms with Crippen molar-refractivity contribution in [3.8, 4) is 11.4 Å². The molecule has 0 fully saturated rings. The number of rotatable bonds is 10. The average Bonchev–Trinajstić information content (AvgIpc) is 3.16. The van der Waals surface area contributed by atoms with E-state index >= 15 is 0 Å². The van der Waals surface area contributed by atoms with E-state index in [-0.39, 0.29) is 5.56 Å². The van der Waals surface area contributed by atoms with E-state index in [9.17, 15) is 4.79 Å². The van der Waals surface area contributed by atoms with Gasteiger partial charge in [-0.3, -0.25) is 0 Å². The fraction of sp³-hybridized carbons (Fsp3) is 0.290. The van der Waals surface area contributed by atoms with Crippen LogP contribution in [-0.4, -0.2) is 27.9 Å². The second kappa shape index (κ2) is 12.1. The number of aromatic carboxylic acids is 1. The van der Waals surface area contributed by atoms with Gasteiger partial charge in [-0.1, -0.05) is 55.2 Å². The Hall–Kier alpha value is -3.48. The van der Waals surface area contributed by atoms with E-state index in [1.54, 1.807) is 12.1 Å². The van der Waals surface area contributed by atoms with Gasteiger partial charge < -0.3 is 14.7 Å². The summed E-state index contributed by atoms with van der Waals surface area (Å²) in [6.07, 6.45) is 0.864. The molecule has 0 amide bonds. The van der Waals surface area contributed by atoms with Crippen LogP contribution in [0.15, 0.2) is 60.7 Å². The molecular formula is C31H33Cl2N3O3. The molecule has 1 N–H and O–H groups in total. The molecule has 39 heavy (non-hydrogen) atoms. The first kappa shape index (κ1) is 28.5. The molecule has 0 saturated heterocycles. The lowest BCUT2D eigenvalue weighted by Gasteiger charge is -2.22. The summed E-state index contributed by atoms with van der Waals surface area (Å²) in [7, 11) is 2.01. The molecule has 0 aliphatic carbocycles. The molecular weight excluding hydrogens is 533 g/mol. The van der Waals surface area contributed by atoms with Crippen molar-refractivity contribution in [1.82, 2.24) is 9.78 Å². The monoisotopic (exact) mass is 565 g/mol. The summed E-state index contributed by atoms with van der Waals surface area (Å²) in [6, 6.07) is 18.4. The summed E-state index contributed by atoms with van der Waals surface area (Å²) in [5.74, 6) is 0.270. The van der Waals surface area contributed by atoms with Crippen molar-refractivity contribution in [3.05, 3.63) is 104 Å². The van der Waals surface area contributed by atoms with Gasteiger partial charge in [0.1, 0.15) is 18.0 Å². The van der Waals surface area contributed by atoms with Crippen molar-refractivity contribution in [2.75, 3.05) is 11.9 Å². The summed E-state index contributed by atoms with van der Waals surface area (Å²) >= 11 is 13.1. The average molecular weight is 567 g/mol. The van der Waals surface area contributed by atoms with Crippen molar-refractivity contribution in [1.29, 1.82) is 0 Å². The SMILES string of the molecule is Cc1cc(OCc2c(CC(C)C)c(C)nn2-c2c(Cl)cccc2Cl)ccc1N(C)Cc1ccc(C(=O)O)cc1. The van der Waals surface area contributed by atoms with Gasteiger partial charge >= 0.3 is 5.97 Å². The van der Waals surface area contributed by atoms with Crippen LogP contribution in [0.5, 0.6) is 5.75 Å². The number of hydrogen-bond donors (Lipinski definition) is 1. The van der Waals surface area contributed by atoms with Crippen molar-refractivity contribution in [2.45, 2.75) is 47.3 Å². The fourth-order valence-electron chi connectivity index (χ4n) is 4.72. The van der Waals surface area contributed by atoms with E-state index in [1.165, 1.54) is 0 Å². The molecule has 0 unspecified atom stereocenters. The van der Waals surface area contributed by atoms with Gasteiger partial charge in [0.05, 0.1) is 27.0 Å². The lowest BCUT2D eigenvalue weighted by Crippen LogP contribution is -2.17. The van der Waals surface area contributed by atoms with Crippen LogP contribution in [0, 0.1) is 19.8 Å². The molecule has 4 rings (SSSR count). The summed E-state index contributed by atoms with van der Waals surface area (Å²) in [6.45, 7) is 9.39. The second-order valence-electron chi connectivity index (χ2n) is 10.2. The van der Waals surface area contributed by atoms with Gasteiger partial charge in [0.25, 0.3) is 0 Å². The maximum absolute atomic E-state index is 11.1. The van der Waals surface area contributed by atoms with E-state index < -0.39 is 5.97 Å². The summed E-state index contributed by atoms with van der Waals surface area (Å²) in [4.78, 5) is 13.3. The third-order valence-electron chi connectivity index (χ3n) is 6.63. The van der Waals surface area contributed by atoms with Crippen LogP contribution in [0.3, 0.4) is 0 Å². The lowest BCUT2D eigenvalue weighted by molar-refractivity contribution is 0.0697. The van der Waals surface area contributed by atoms with E-state index in [0.29, 0.717) is 34.8 Å². The first-order chi connectivity index (χ1) is 18.5. The number of carbonyl (C=O) groups is 1. The largest absolute Gasteiger partial charge is 0.487 e. The number of anilines is 1. The first-order valence-corrected chi connectivity index (χ1v) is 13.6. The van der Waals surface area contributed by atoms with Crippen LogP contribution in [0.2, 0.25) is 10.0 Å². The standard InChI is InChI=1S/C31H33Cl2N3O3/c1-19(2)15-25-21(4)34-36(30-26(32)7-6-8-27(30)33)29(25)18-39-24-13-14-28(20(3)16-24)35(5)17-22-9-11-23(12-10-22)31(37)38/h6-14,16,19H,15,17-18H2,1-5H3,(H,37,38). The topological polar surface area (TPSA) is 67.6 Å². The number of aryl methyl sites for hydroxylation is 2. The van der Waals surface area contributed by atoms with Crippen molar-refractivity contribution >= 4 is 34.9 Å². The predicted octanol–water partition coefficient (Wildman–Crippen LogP) is 7.91. The van der Waals surface area contributed by atoms with Crippen molar-refractivity contribution < 1.29 is 14.6 Å². The van der Waals surface area contributed by atoms with Crippen LogP contribution >= 0.6 is 23.2 Å². The molecule has 0 spiro atoms. The lowest BCUT2D eigenvalue weighted by atomic mass is 10.0. The van der Waals surface area contributed by atoms with Gasteiger partial charge in [-0.2, -0.15) is 5.10 Å². The van der Waals surface area contributed by atoms with E-state index in [1.807, 2.05) is 74.1 Å². The zero-order chi connectivity index (χ0) is 28.3. The third-order valence-corrected chi connectivity index (χ3v) is 7.24. The van der Waals surface area contributed by atoms with Gasteiger partial charge in [0.2, 0.25) is 0 Å². The Kier molecular flexibility index (Phi) is 8.88. The smallest absolute Gasteiger partial charge is 0.335 e. The Bertz CT molecular complexity index is 1460. The summed E-state index contributed by atoms with van der Waals surface area (Å²) in [5, 5.41) is 15.0. The zero-order valence-electron chi connectivity index (χ0n) is 22.8. The highest BCUT2D eigenvalue weighted by molar-refractivity contribution is 6.37. The number of para-hydroxylation sites is 1. The Morgan fingerprint density at radius 2 is 1.72 bits per heavy atom. The van der Waals surface area contributed by atoms with Crippen LogP contribution in [0.1, 0.15) is 52.3 Å². The third kappa shape index (κ3) is 6.57. The summed E-state index contributed by atoms with van der Waals surface area (Å²) < 4.78 is 8.14. The van der Waals surface area contributed by atoms with Crippen LogP contribution < -0.4 is 9.64 Å². The van der Waals surface area contributed by atoms with Crippen LogP contribution in [0.4, 0.5) is 5.69 Å². The number of carboxylic acid groups (broad SMARTS) is 1. The van der Waals surface area contributed by atoms with Crippen LogP contribution in [0.25, 0.3) is 5.69 Å². The number of nitrogens with zero attached hydrogens (tertiary/aromatic N) is 3. The van der Waals surface area contributed by atoms with E-state index in [4.69, 9.17) is 38.1 Å². The Morgan fingerprint density at radius 3 is 2.31 bits per heavy atom. The maximum atomic E-state index is 11.1. The fourth-order valence-corrected chi connectivity index (χ4v) is 5.27. The molecule has 1 aromatic heterocycles. The number of carboxylic acids is 1. The quantitative estimate of drug-likeness (QED) is 0.211. The van der Waals surface area contributed by atoms with Crippen molar-refractivity contribution in [3.63, 3.8) is 0 Å².